The normalized spacial score (nSPS) is 10.4. The highest BCUT2D eigenvalue weighted by molar-refractivity contribution is 6.03. The van der Waals surface area contributed by atoms with E-state index in [1.165, 1.54) is 48.5 Å². The Morgan fingerprint density at radius 3 is 2.41 bits per heavy atom. The molecule has 0 unspecified atom stereocenters. The zero-order chi connectivity index (χ0) is 21.0. The first-order chi connectivity index (χ1) is 13.8. The number of rotatable bonds is 7. The van der Waals surface area contributed by atoms with E-state index in [9.17, 15) is 25.0 Å². The Labute approximate surface area is 164 Å². The van der Waals surface area contributed by atoms with E-state index in [4.69, 9.17) is 9.15 Å². The lowest BCUT2D eigenvalue weighted by Gasteiger charge is -2.05. The molecule has 0 spiro atoms. The van der Waals surface area contributed by atoms with Gasteiger partial charge >= 0.3 is 0 Å². The molecule has 1 amide bonds. The van der Waals surface area contributed by atoms with Crippen molar-refractivity contribution in [2.75, 3.05) is 5.32 Å². The average Bonchev–Trinajstić information content (AvgIpc) is 3.17. The van der Waals surface area contributed by atoms with E-state index < -0.39 is 15.8 Å². The van der Waals surface area contributed by atoms with Gasteiger partial charge < -0.3 is 14.5 Å². The maximum atomic E-state index is 12.3. The topological polar surface area (TPSA) is 138 Å². The Bertz CT molecular complexity index is 1070. The number of aryl methyl sites for hydroxylation is 1. The van der Waals surface area contributed by atoms with Gasteiger partial charge in [0, 0.05) is 18.2 Å². The number of non-ortho nitro benzene ring substituents is 1. The number of nitrogens with one attached hydrogen (secondary N) is 1. The first-order valence-corrected chi connectivity index (χ1v) is 8.36. The van der Waals surface area contributed by atoms with Crippen molar-refractivity contribution in [3.63, 3.8) is 0 Å². The molecule has 1 heterocycles. The molecule has 0 aliphatic heterocycles. The standard InChI is InChI=1S/C19H15N3O7/c1-12-2-8-16(17(10-12)22(26)27)20-19(23)18-9-7-15(29-18)11-28-14-5-3-13(4-6-14)21(24)25/h2-10H,11H2,1H3,(H,20,23). The van der Waals surface area contributed by atoms with Crippen LogP contribution in [0.4, 0.5) is 17.1 Å². The monoisotopic (exact) mass is 397 g/mol. The lowest BCUT2D eigenvalue weighted by molar-refractivity contribution is -0.384. The number of anilines is 1. The van der Waals surface area contributed by atoms with Crippen LogP contribution >= 0.6 is 0 Å². The molecular formula is C19H15N3O7. The van der Waals surface area contributed by atoms with Gasteiger partial charge in [0.25, 0.3) is 17.3 Å². The van der Waals surface area contributed by atoms with Gasteiger partial charge in [-0.05, 0) is 42.8 Å². The molecular weight excluding hydrogens is 382 g/mol. The molecule has 3 rings (SSSR count). The van der Waals surface area contributed by atoms with Crippen molar-refractivity contribution in [3.05, 3.63) is 91.9 Å². The minimum atomic E-state index is -0.640. The molecule has 0 radical (unpaired) electrons. The van der Waals surface area contributed by atoms with Gasteiger partial charge in [-0.25, -0.2) is 0 Å². The average molecular weight is 397 g/mol. The predicted octanol–water partition coefficient (Wildman–Crippen LogP) is 4.24. The van der Waals surface area contributed by atoms with Gasteiger partial charge in [-0.15, -0.1) is 0 Å². The van der Waals surface area contributed by atoms with Crippen molar-refractivity contribution in [2.45, 2.75) is 13.5 Å². The van der Waals surface area contributed by atoms with Gasteiger partial charge in [-0.1, -0.05) is 6.07 Å². The van der Waals surface area contributed by atoms with Crippen molar-refractivity contribution >= 4 is 23.0 Å². The van der Waals surface area contributed by atoms with E-state index in [1.54, 1.807) is 13.0 Å². The van der Waals surface area contributed by atoms with Crippen LogP contribution in [0.25, 0.3) is 0 Å². The van der Waals surface area contributed by atoms with E-state index >= 15 is 0 Å². The first-order valence-electron chi connectivity index (χ1n) is 8.36. The summed E-state index contributed by atoms with van der Waals surface area (Å²) in [6, 6.07) is 12.9. The third-order valence-electron chi connectivity index (χ3n) is 3.91. The third kappa shape index (κ3) is 4.75. The van der Waals surface area contributed by atoms with Crippen LogP contribution in [0.3, 0.4) is 0 Å². The molecule has 10 heteroatoms. The molecule has 0 atom stereocenters. The predicted molar refractivity (Wildman–Crippen MR) is 102 cm³/mol. The van der Waals surface area contributed by atoms with Crippen LogP contribution in [-0.2, 0) is 6.61 Å². The fourth-order valence-electron chi connectivity index (χ4n) is 2.48. The number of nitrogens with zero attached hydrogens (tertiary/aromatic N) is 2. The Morgan fingerprint density at radius 2 is 1.76 bits per heavy atom. The van der Waals surface area contributed by atoms with Gasteiger partial charge in [0.2, 0.25) is 0 Å². The quantitative estimate of drug-likeness (QED) is 0.465. The van der Waals surface area contributed by atoms with E-state index in [0.717, 1.165) is 0 Å². The second kappa shape index (κ2) is 8.21. The molecule has 29 heavy (non-hydrogen) atoms. The van der Waals surface area contributed by atoms with Crippen molar-refractivity contribution in [1.82, 2.24) is 0 Å². The highest BCUT2D eigenvalue weighted by Gasteiger charge is 2.19. The molecule has 10 nitrogen and oxygen atoms in total. The number of amides is 1. The minimum Gasteiger partial charge on any atom is -0.486 e. The number of hydrogen-bond acceptors (Lipinski definition) is 7. The molecule has 0 saturated carbocycles. The number of benzene rings is 2. The molecule has 0 aliphatic rings. The van der Waals surface area contributed by atoms with Crippen LogP contribution in [0.1, 0.15) is 21.9 Å². The number of ether oxygens (including phenoxy) is 1. The fourth-order valence-corrected chi connectivity index (χ4v) is 2.48. The van der Waals surface area contributed by atoms with Gasteiger partial charge in [0.1, 0.15) is 23.8 Å². The second-order valence-corrected chi connectivity index (χ2v) is 6.04. The number of furan rings is 1. The highest BCUT2D eigenvalue weighted by Crippen LogP contribution is 2.26. The second-order valence-electron chi connectivity index (χ2n) is 6.04. The summed E-state index contributed by atoms with van der Waals surface area (Å²) in [7, 11) is 0. The van der Waals surface area contributed by atoms with Gasteiger partial charge in [0.05, 0.1) is 9.85 Å². The summed E-state index contributed by atoms with van der Waals surface area (Å²) in [6.07, 6.45) is 0. The number of hydrogen-bond donors (Lipinski definition) is 1. The number of carbonyl (C=O) groups excluding carboxylic acids is 1. The third-order valence-corrected chi connectivity index (χ3v) is 3.91. The van der Waals surface area contributed by atoms with E-state index in [-0.39, 0.29) is 29.4 Å². The van der Waals surface area contributed by atoms with Crippen molar-refractivity contribution in [2.24, 2.45) is 0 Å². The SMILES string of the molecule is Cc1ccc(NC(=O)c2ccc(COc3ccc([N+](=O)[O-])cc3)o2)c([N+](=O)[O-])c1. The smallest absolute Gasteiger partial charge is 0.293 e. The Hall–Kier alpha value is -4.21. The van der Waals surface area contributed by atoms with E-state index in [1.807, 2.05) is 0 Å². The summed E-state index contributed by atoms with van der Waals surface area (Å²) >= 11 is 0. The van der Waals surface area contributed by atoms with Crippen LogP contribution in [0.2, 0.25) is 0 Å². The van der Waals surface area contributed by atoms with Crippen molar-refractivity contribution < 1.29 is 23.8 Å². The summed E-state index contributed by atoms with van der Waals surface area (Å²) in [5.41, 5.74) is 0.482. The Kier molecular flexibility index (Phi) is 5.54. The van der Waals surface area contributed by atoms with Gasteiger partial charge in [-0.2, -0.15) is 0 Å². The Balaban J connectivity index is 1.64. The molecule has 2 aromatic carbocycles. The van der Waals surface area contributed by atoms with E-state index in [2.05, 4.69) is 5.32 Å². The largest absolute Gasteiger partial charge is 0.486 e. The maximum Gasteiger partial charge on any atom is 0.293 e. The molecule has 0 saturated heterocycles. The summed E-state index contributed by atoms with van der Waals surface area (Å²) in [6.45, 7) is 1.71. The molecule has 0 aliphatic carbocycles. The maximum absolute atomic E-state index is 12.3. The summed E-state index contributed by atoms with van der Waals surface area (Å²) < 4.78 is 10.9. The van der Waals surface area contributed by atoms with E-state index in [0.29, 0.717) is 17.1 Å². The number of carbonyl (C=O) groups is 1. The van der Waals surface area contributed by atoms with Crippen LogP contribution in [0, 0.1) is 27.2 Å². The zero-order valence-corrected chi connectivity index (χ0v) is 15.2. The Morgan fingerprint density at radius 1 is 1.03 bits per heavy atom. The lowest BCUT2D eigenvalue weighted by atomic mass is 10.2. The zero-order valence-electron chi connectivity index (χ0n) is 15.2. The molecule has 3 aromatic rings. The minimum absolute atomic E-state index is 0.00420. The molecule has 0 fully saturated rings. The first kappa shape index (κ1) is 19.5. The fraction of sp³-hybridized carbons (Fsp3) is 0.105. The van der Waals surface area contributed by atoms with Gasteiger partial charge in [-0.3, -0.25) is 25.0 Å². The number of nitro groups is 2. The van der Waals surface area contributed by atoms with Crippen LogP contribution in [-0.4, -0.2) is 15.8 Å². The van der Waals surface area contributed by atoms with Crippen LogP contribution < -0.4 is 10.1 Å². The molecule has 0 bridgehead atoms. The summed E-state index contributed by atoms with van der Waals surface area (Å²) in [4.78, 5) is 33.0. The lowest BCUT2D eigenvalue weighted by Crippen LogP contribution is -2.12. The van der Waals surface area contributed by atoms with Crippen LogP contribution in [0.15, 0.2) is 59.0 Å². The van der Waals surface area contributed by atoms with Gasteiger partial charge in [0.15, 0.2) is 5.76 Å². The van der Waals surface area contributed by atoms with Crippen LogP contribution in [0.5, 0.6) is 5.75 Å². The number of nitro benzene ring substituents is 2. The highest BCUT2D eigenvalue weighted by atomic mass is 16.6. The molecule has 1 N–H and O–H groups in total. The van der Waals surface area contributed by atoms with Crippen molar-refractivity contribution in [3.8, 4) is 5.75 Å². The summed E-state index contributed by atoms with van der Waals surface area (Å²) in [5.74, 6) is 0.0564. The molecule has 1 aromatic heterocycles. The van der Waals surface area contributed by atoms with Crippen molar-refractivity contribution in [1.29, 1.82) is 0 Å². The summed E-state index contributed by atoms with van der Waals surface area (Å²) in [5, 5.41) is 24.3. The molecule has 148 valence electrons.